The molecule has 2 aliphatic carbocycles. The molecule has 6 unspecified atom stereocenters. The Morgan fingerprint density at radius 2 is 1.07 bits per heavy atom. The van der Waals surface area contributed by atoms with Crippen molar-refractivity contribution in [1.29, 1.82) is 0 Å². The zero-order valence-electron chi connectivity index (χ0n) is 21.6. The van der Waals surface area contributed by atoms with E-state index in [0.717, 1.165) is 25.7 Å². The number of rotatable bonds is 14. The molecule has 0 aromatic heterocycles. The minimum atomic E-state index is -1.73. The second-order valence-corrected chi connectivity index (χ2v) is 9.36. The number of hydrogen-bond acceptors (Lipinski definition) is 14. The van der Waals surface area contributed by atoms with Gasteiger partial charge in [0.1, 0.15) is 12.2 Å². The number of ether oxygens (including phenoxy) is 2. The monoisotopic (exact) mass is 574 g/mol. The molecule has 6 N–H and O–H groups in total. The van der Waals surface area contributed by atoms with Gasteiger partial charge in [-0.2, -0.15) is 0 Å². The van der Waals surface area contributed by atoms with Crippen molar-refractivity contribution in [2.45, 2.75) is 76.0 Å². The maximum absolute atomic E-state index is 12.2. The lowest BCUT2D eigenvalue weighted by molar-refractivity contribution is -0.771. The number of esters is 2. The number of amides is 2. The number of nitrogens with zero attached hydrogens (tertiary/aromatic N) is 2. The summed E-state index contributed by atoms with van der Waals surface area (Å²) in [5.74, 6) is -4.70. The molecule has 2 fully saturated rings. The van der Waals surface area contributed by atoms with Crippen LogP contribution in [0.1, 0.15) is 51.4 Å². The van der Waals surface area contributed by atoms with Gasteiger partial charge < -0.3 is 29.8 Å². The van der Waals surface area contributed by atoms with Gasteiger partial charge in [0.25, 0.3) is 22.0 Å². The highest BCUT2D eigenvalue weighted by Crippen LogP contribution is 2.27. The van der Waals surface area contributed by atoms with Gasteiger partial charge in [0.15, 0.2) is 0 Å². The molecule has 18 heteroatoms. The molecule has 0 heterocycles. The van der Waals surface area contributed by atoms with Crippen molar-refractivity contribution in [3.05, 3.63) is 32.4 Å². The molecule has 0 aromatic carbocycles. The van der Waals surface area contributed by atoms with Gasteiger partial charge in [0.05, 0.1) is 0 Å². The van der Waals surface area contributed by atoms with Gasteiger partial charge in [0, 0.05) is 37.1 Å². The van der Waals surface area contributed by atoms with E-state index < -0.39 is 58.6 Å². The van der Waals surface area contributed by atoms with Gasteiger partial charge in [-0.15, -0.1) is 20.2 Å². The highest BCUT2D eigenvalue weighted by atomic mass is 17.0. The summed E-state index contributed by atoms with van der Waals surface area (Å²) in [5.41, 5.74) is 11.1. The minimum Gasteiger partial charge on any atom is -0.434 e. The van der Waals surface area contributed by atoms with E-state index >= 15 is 0 Å². The fourth-order valence-corrected chi connectivity index (χ4v) is 4.55. The molecule has 0 spiro atoms. The molecule has 2 saturated carbocycles. The number of carbonyl (C=O) groups excluding carboxylic acids is 4. The molecule has 18 nitrogen and oxygen atoms in total. The highest BCUT2D eigenvalue weighted by Gasteiger charge is 2.30. The Morgan fingerprint density at radius 1 is 0.725 bits per heavy atom. The maximum atomic E-state index is 12.2. The third-order valence-corrected chi connectivity index (χ3v) is 6.56. The third-order valence-electron chi connectivity index (χ3n) is 6.56. The Labute approximate surface area is 228 Å². The first-order chi connectivity index (χ1) is 19.0. The highest BCUT2D eigenvalue weighted by molar-refractivity contribution is 5.94. The first-order valence-electron chi connectivity index (χ1n) is 12.7. The average molecular weight is 575 g/mol. The van der Waals surface area contributed by atoms with Crippen LogP contribution in [-0.4, -0.2) is 71.7 Å². The van der Waals surface area contributed by atoms with E-state index in [9.17, 15) is 39.4 Å². The molecule has 0 aliphatic heterocycles. The van der Waals surface area contributed by atoms with Crippen LogP contribution in [0, 0.1) is 32.1 Å². The Kier molecular flexibility index (Phi) is 13.0. The Hall–Kier alpha value is -4.06. The van der Waals surface area contributed by atoms with E-state index in [2.05, 4.69) is 20.3 Å². The van der Waals surface area contributed by atoms with E-state index in [1.165, 1.54) is 0 Å². The van der Waals surface area contributed by atoms with Gasteiger partial charge in [-0.1, -0.05) is 25.7 Å². The lowest BCUT2D eigenvalue weighted by Crippen LogP contribution is -2.47. The average Bonchev–Trinajstić information content (AvgIpc) is 2.89. The van der Waals surface area contributed by atoms with E-state index in [1.54, 1.807) is 0 Å². The minimum absolute atomic E-state index is 0.0227. The summed E-state index contributed by atoms with van der Waals surface area (Å²) in [7, 11) is 0. The van der Waals surface area contributed by atoms with Crippen molar-refractivity contribution >= 4 is 23.8 Å². The molecule has 40 heavy (non-hydrogen) atoms. The maximum Gasteiger partial charge on any atom is 0.333 e. The first-order valence-corrected chi connectivity index (χ1v) is 12.7. The quantitative estimate of drug-likeness (QED) is 0.0635. The van der Waals surface area contributed by atoms with Gasteiger partial charge >= 0.3 is 11.9 Å². The molecule has 0 bridgehead atoms. The summed E-state index contributed by atoms with van der Waals surface area (Å²) in [5, 5.41) is 24.4. The third kappa shape index (κ3) is 11.4. The molecule has 0 aromatic rings. The SMILES string of the molecule is NC(OC(=O)/C=C/C(=O)OC(N)C(=O)NCC1CCCCC1O[N+](=O)[O-])C(=O)NCC1CCCCC1O[N+](=O)[O-]. The van der Waals surface area contributed by atoms with Crippen LogP contribution in [0.3, 0.4) is 0 Å². The number of nitrogens with one attached hydrogen (secondary N) is 2. The fraction of sp³-hybridized carbons (Fsp3) is 0.727. The van der Waals surface area contributed by atoms with E-state index in [1.807, 2.05) is 0 Å². The van der Waals surface area contributed by atoms with Crippen LogP contribution < -0.4 is 22.1 Å². The van der Waals surface area contributed by atoms with Crippen LogP contribution in [0.25, 0.3) is 0 Å². The van der Waals surface area contributed by atoms with Crippen molar-refractivity contribution < 1.29 is 48.5 Å². The van der Waals surface area contributed by atoms with Crippen LogP contribution in [0.15, 0.2) is 12.2 Å². The van der Waals surface area contributed by atoms with Crippen molar-refractivity contribution in [2.75, 3.05) is 13.1 Å². The van der Waals surface area contributed by atoms with Crippen molar-refractivity contribution in [3.63, 3.8) is 0 Å². The molecular weight excluding hydrogens is 540 g/mol. The van der Waals surface area contributed by atoms with Gasteiger partial charge in [-0.3, -0.25) is 21.1 Å². The molecule has 2 rings (SSSR count). The normalized spacial score (nSPS) is 24.1. The van der Waals surface area contributed by atoms with E-state index in [4.69, 9.17) is 20.9 Å². The first kappa shape index (κ1) is 32.2. The Balaban J connectivity index is 1.72. The number of hydrogen-bond donors (Lipinski definition) is 4. The van der Waals surface area contributed by atoms with Gasteiger partial charge in [0.2, 0.25) is 12.5 Å². The summed E-state index contributed by atoms with van der Waals surface area (Å²) in [4.78, 5) is 78.7. The van der Waals surface area contributed by atoms with Gasteiger partial charge in [-0.25, -0.2) is 9.59 Å². The molecule has 2 amide bonds. The van der Waals surface area contributed by atoms with Crippen LogP contribution in [0.2, 0.25) is 0 Å². The second-order valence-electron chi connectivity index (χ2n) is 9.36. The topological polar surface area (TPSA) is 268 Å². The zero-order chi connectivity index (χ0) is 29.7. The second kappa shape index (κ2) is 16.1. The van der Waals surface area contributed by atoms with Crippen molar-refractivity contribution in [3.8, 4) is 0 Å². The summed E-state index contributed by atoms with van der Waals surface area (Å²) < 4.78 is 9.42. The fourth-order valence-electron chi connectivity index (χ4n) is 4.55. The largest absolute Gasteiger partial charge is 0.434 e. The van der Waals surface area contributed by atoms with Gasteiger partial charge in [-0.05, 0) is 25.7 Å². The molecule has 0 saturated heterocycles. The number of nitrogens with two attached hydrogens (primary N) is 2. The Bertz CT molecular complexity index is 889. The molecule has 2 aliphatic rings. The summed E-state index contributed by atoms with van der Waals surface area (Å²) in [6.07, 6.45) is 1.68. The van der Waals surface area contributed by atoms with E-state index in [-0.39, 0.29) is 24.9 Å². The van der Waals surface area contributed by atoms with Crippen molar-refractivity contribution in [2.24, 2.45) is 23.3 Å². The van der Waals surface area contributed by atoms with E-state index in [0.29, 0.717) is 37.8 Å². The molecule has 0 radical (unpaired) electrons. The lowest BCUT2D eigenvalue weighted by Gasteiger charge is -2.29. The van der Waals surface area contributed by atoms with Crippen LogP contribution in [-0.2, 0) is 38.3 Å². The molecular formula is C22H34N6O12. The van der Waals surface area contributed by atoms with Crippen LogP contribution in [0.4, 0.5) is 0 Å². The summed E-state index contributed by atoms with van der Waals surface area (Å²) in [6.45, 7) is 0.0454. The summed E-state index contributed by atoms with van der Waals surface area (Å²) in [6, 6.07) is 0. The number of carbonyl (C=O) groups is 4. The van der Waals surface area contributed by atoms with Crippen LogP contribution >= 0.6 is 0 Å². The lowest BCUT2D eigenvalue weighted by atomic mass is 9.86. The Morgan fingerprint density at radius 3 is 1.43 bits per heavy atom. The molecule has 6 atom stereocenters. The molecule has 224 valence electrons. The predicted molar refractivity (Wildman–Crippen MR) is 131 cm³/mol. The van der Waals surface area contributed by atoms with Crippen molar-refractivity contribution in [1.82, 2.24) is 10.6 Å². The predicted octanol–water partition coefficient (Wildman–Crippen LogP) is -1.03. The smallest absolute Gasteiger partial charge is 0.333 e. The standard InChI is InChI=1S/C22H34N6O12/c23-19(21(31)25-11-13-5-1-3-7-15(13)39-27(33)34)37-17(29)9-10-18(30)38-20(24)22(32)26-12-14-6-2-4-8-16(14)40-28(35)36/h9-10,13-16,19-20H,1-8,11-12,23-24H2,(H,25,31)(H,26,32)/b10-9+. The zero-order valence-corrected chi connectivity index (χ0v) is 21.6. The van der Waals surface area contributed by atoms with Crippen LogP contribution in [0.5, 0.6) is 0 Å². The summed E-state index contributed by atoms with van der Waals surface area (Å²) >= 11 is 0.